The summed E-state index contributed by atoms with van der Waals surface area (Å²) in [6, 6.07) is 0. The summed E-state index contributed by atoms with van der Waals surface area (Å²) in [4.78, 5) is 8.95. The van der Waals surface area contributed by atoms with Gasteiger partial charge < -0.3 is 0 Å². The zero-order chi connectivity index (χ0) is 13.9. The Morgan fingerprint density at radius 2 is 1.44 bits per heavy atom. The molecule has 1 aromatic rings. The standard InChI is InChI=1S/C14H22F2N2/c1-8(2)13-10(4)17-14(18-11(13)5)9(3)6-7-12(15)16/h8-9,12H,6-7H2,1-5H3/t9-/m0/s1. The monoisotopic (exact) mass is 256 g/mol. The second kappa shape index (κ2) is 6.21. The van der Waals surface area contributed by atoms with Crippen LogP contribution in [0.1, 0.15) is 68.2 Å². The average Bonchev–Trinajstić information content (AvgIpc) is 2.24. The van der Waals surface area contributed by atoms with Crippen LogP contribution in [0.3, 0.4) is 0 Å². The Balaban J connectivity index is 2.92. The summed E-state index contributed by atoms with van der Waals surface area (Å²) >= 11 is 0. The number of halogens is 2. The second-order valence-electron chi connectivity index (χ2n) is 5.19. The zero-order valence-electron chi connectivity index (χ0n) is 11.8. The molecule has 4 heteroatoms. The number of aromatic nitrogens is 2. The van der Waals surface area contributed by atoms with Gasteiger partial charge in [-0.25, -0.2) is 18.7 Å². The van der Waals surface area contributed by atoms with Gasteiger partial charge in [0.05, 0.1) is 0 Å². The van der Waals surface area contributed by atoms with Gasteiger partial charge in [0.15, 0.2) is 0 Å². The minimum Gasteiger partial charge on any atom is -0.238 e. The second-order valence-corrected chi connectivity index (χ2v) is 5.19. The first-order chi connectivity index (χ1) is 8.32. The predicted molar refractivity (Wildman–Crippen MR) is 69.2 cm³/mol. The fourth-order valence-corrected chi connectivity index (χ4v) is 2.31. The molecule has 0 fully saturated rings. The highest BCUT2D eigenvalue weighted by Crippen LogP contribution is 2.25. The quantitative estimate of drug-likeness (QED) is 0.782. The molecule has 0 aromatic carbocycles. The molecule has 102 valence electrons. The van der Waals surface area contributed by atoms with E-state index in [9.17, 15) is 8.78 Å². The van der Waals surface area contributed by atoms with E-state index in [0.29, 0.717) is 18.2 Å². The molecule has 2 nitrogen and oxygen atoms in total. The molecule has 1 atom stereocenters. The van der Waals surface area contributed by atoms with Crippen molar-refractivity contribution in [3.8, 4) is 0 Å². The topological polar surface area (TPSA) is 25.8 Å². The maximum absolute atomic E-state index is 12.2. The summed E-state index contributed by atoms with van der Waals surface area (Å²) in [5, 5.41) is 0. The molecule has 0 aliphatic carbocycles. The Morgan fingerprint density at radius 3 is 1.83 bits per heavy atom. The van der Waals surface area contributed by atoms with Crippen molar-refractivity contribution >= 4 is 0 Å². The van der Waals surface area contributed by atoms with Gasteiger partial charge in [-0.3, -0.25) is 0 Å². The number of aryl methyl sites for hydroxylation is 2. The highest BCUT2D eigenvalue weighted by molar-refractivity contribution is 5.27. The van der Waals surface area contributed by atoms with Crippen LogP contribution in [0.15, 0.2) is 0 Å². The van der Waals surface area contributed by atoms with Crippen LogP contribution in [0, 0.1) is 13.8 Å². The van der Waals surface area contributed by atoms with E-state index in [1.54, 1.807) is 0 Å². The van der Waals surface area contributed by atoms with Crippen molar-refractivity contribution in [2.75, 3.05) is 0 Å². The predicted octanol–water partition coefficient (Wildman–Crippen LogP) is 4.37. The van der Waals surface area contributed by atoms with Gasteiger partial charge in [0.25, 0.3) is 0 Å². The van der Waals surface area contributed by atoms with Crippen LogP contribution in [-0.2, 0) is 0 Å². The van der Waals surface area contributed by atoms with Gasteiger partial charge in [-0.15, -0.1) is 0 Å². The Bertz CT molecular complexity index is 380. The molecule has 1 rings (SSSR count). The summed E-state index contributed by atoms with van der Waals surface area (Å²) in [5.74, 6) is 1.06. The van der Waals surface area contributed by atoms with Crippen molar-refractivity contribution in [2.45, 2.75) is 65.7 Å². The highest BCUT2D eigenvalue weighted by Gasteiger charge is 2.16. The minimum absolute atomic E-state index is 0.0161. The van der Waals surface area contributed by atoms with Gasteiger partial charge >= 0.3 is 0 Å². The van der Waals surface area contributed by atoms with Crippen LogP contribution in [0.2, 0.25) is 0 Å². The molecule has 0 radical (unpaired) electrons. The lowest BCUT2D eigenvalue weighted by Crippen LogP contribution is -2.10. The fourth-order valence-electron chi connectivity index (χ4n) is 2.31. The molecule has 0 saturated heterocycles. The minimum atomic E-state index is -2.25. The van der Waals surface area contributed by atoms with Crippen LogP contribution < -0.4 is 0 Å². The lowest BCUT2D eigenvalue weighted by atomic mass is 9.98. The van der Waals surface area contributed by atoms with Crippen LogP contribution in [0.4, 0.5) is 8.78 Å². The Labute approximate surface area is 108 Å². The molecular formula is C14H22F2N2. The molecule has 1 heterocycles. The molecule has 0 spiro atoms. The first-order valence-corrected chi connectivity index (χ1v) is 6.46. The van der Waals surface area contributed by atoms with Crippen molar-refractivity contribution in [3.05, 3.63) is 22.8 Å². The third kappa shape index (κ3) is 3.72. The molecule has 18 heavy (non-hydrogen) atoms. The van der Waals surface area contributed by atoms with E-state index < -0.39 is 6.43 Å². The molecule has 0 aliphatic rings. The molecule has 0 N–H and O–H groups in total. The van der Waals surface area contributed by atoms with E-state index in [-0.39, 0.29) is 12.3 Å². The summed E-state index contributed by atoms with van der Waals surface area (Å²) < 4.78 is 24.4. The van der Waals surface area contributed by atoms with Crippen molar-refractivity contribution < 1.29 is 8.78 Å². The van der Waals surface area contributed by atoms with Crippen molar-refractivity contribution in [3.63, 3.8) is 0 Å². The fraction of sp³-hybridized carbons (Fsp3) is 0.714. The summed E-state index contributed by atoms with van der Waals surface area (Å²) in [6.07, 6.45) is -1.91. The number of hydrogen-bond donors (Lipinski definition) is 0. The Hall–Kier alpha value is -1.06. The lowest BCUT2D eigenvalue weighted by molar-refractivity contribution is 0.132. The Kier molecular flexibility index (Phi) is 5.17. The maximum Gasteiger partial charge on any atom is 0.238 e. The molecular weight excluding hydrogens is 234 g/mol. The van der Waals surface area contributed by atoms with E-state index in [1.807, 2.05) is 20.8 Å². The normalized spacial score (nSPS) is 13.4. The third-order valence-corrected chi connectivity index (χ3v) is 3.18. The highest BCUT2D eigenvalue weighted by atomic mass is 19.3. The molecule has 1 aromatic heterocycles. The van der Waals surface area contributed by atoms with Gasteiger partial charge in [0.1, 0.15) is 5.82 Å². The van der Waals surface area contributed by atoms with E-state index >= 15 is 0 Å². The van der Waals surface area contributed by atoms with Crippen LogP contribution >= 0.6 is 0 Å². The first kappa shape index (κ1) is 15.0. The van der Waals surface area contributed by atoms with Gasteiger partial charge in [-0.1, -0.05) is 20.8 Å². The maximum atomic E-state index is 12.2. The van der Waals surface area contributed by atoms with E-state index in [4.69, 9.17) is 0 Å². The van der Waals surface area contributed by atoms with Gasteiger partial charge in [0, 0.05) is 23.7 Å². The number of alkyl halides is 2. The lowest BCUT2D eigenvalue weighted by Gasteiger charge is -2.16. The van der Waals surface area contributed by atoms with Crippen molar-refractivity contribution in [1.29, 1.82) is 0 Å². The van der Waals surface area contributed by atoms with Gasteiger partial charge in [-0.05, 0) is 31.7 Å². The first-order valence-electron chi connectivity index (χ1n) is 6.46. The summed E-state index contributed by atoms with van der Waals surface area (Å²) in [7, 11) is 0. The SMILES string of the molecule is Cc1nc([C@@H](C)CCC(F)F)nc(C)c1C(C)C. The smallest absolute Gasteiger partial charge is 0.238 e. The summed E-state index contributed by atoms with van der Waals surface area (Å²) in [5.41, 5.74) is 3.10. The largest absolute Gasteiger partial charge is 0.238 e. The van der Waals surface area contributed by atoms with Crippen LogP contribution in [-0.4, -0.2) is 16.4 Å². The number of hydrogen-bond acceptors (Lipinski definition) is 2. The van der Waals surface area contributed by atoms with E-state index in [2.05, 4.69) is 23.8 Å². The van der Waals surface area contributed by atoms with Crippen LogP contribution in [0.25, 0.3) is 0 Å². The molecule has 0 amide bonds. The van der Waals surface area contributed by atoms with E-state index in [1.165, 1.54) is 5.56 Å². The summed E-state index contributed by atoms with van der Waals surface area (Å²) in [6.45, 7) is 10.1. The van der Waals surface area contributed by atoms with Gasteiger partial charge in [0.2, 0.25) is 6.43 Å². The van der Waals surface area contributed by atoms with E-state index in [0.717, 1.165) is 11.4 Å². The molecule has 0 bridgehead atoms. The molecule has 0 saturated carbocycles. The molecule has 0 unspecified atom stereocenters. The van der Waals surface area contributed by atoms with Crippen molar-refractivity contribution in [2.24, 2.45) is 0 Å². The van der Waals surface area contributed by atoms with Gasteiger partial charge in [-0.2, -0.15) is 0 Å². The number of rotatable bonds is 5. The molecule has 0 aliphatic heterocycles. The average molecular weight is 256 g/mol. The van der Waals surface area contributed by atoms with Crippen molar-refractivity contribution in [1.82, 2.24) is 9.97 Å². The third-order valence-electron chi connectivity index (χ3n) is 3.18. The Morgan fingerprint density at radius 1 is 0.944 bits per heavy atom. The number of nitrogens with zero attached hydrogens (tertiary/aromatic N) is 2. The van der Waals surface area contributed by atoms with Crippen LogP contribution in [0.5, 0.6) is 0 Å². The zero-order valence-corrected chi connectivity index (χ0v) is 11.8.